The number of ether oxygens (including phenoxy) is 4. The largest absolute Gasteiger partial charge is 0.494 e. The lowest BCUT2D eigenvalue weighted by Gasteiger charge is -2.09. The molecular weight excluding hydrogens is 662 g/mol. The van der Waals surface area contributed by atoms with Gasteiger partial charge in [-0.1, -0.05) is 35.5 Å². The predicted octanol–water partition coefficient (Wildman–Crippen LogP) is 6.08. The summed E-state index contributed by atoms with van der Waals surface area (Å²) in [6.07, 6.45) is 3.45. The van der Waals surface area contributed by atoms with Crippen LogP contribution in [0.4, 0.5) is 0 Å². The van der Waals surface area contributed by atoms with Gasteiger partial charge in [0.05, 0.1) is 61.6 Å². The van der Waals surface area contributed by atoms with Gasteiger partial charge in [-0.25, -0.2) is 14.5 Å². The van der Waals surface area contributed by atoms with Crippen molar-refractivity contribution in [3.63, 3.8) is 0 Å². The summed E-state index contributed by atoms with van der Waals surface area (Å²) in [6, 6.07) is 31.4. The van der Waals surface area contributed by atoms with E-state index in [9.17, 15) is 9.59 Å². The fourth-order valence-electron chi connectivity index (χ4n) is 5.63. The molecule has 0 aliphatic carbocycles. The normalized spacial score (nSPS) is 11.3. The molecule has 0 fully saturated rings. The first-order chi connectivity index (χ1) is 25.6. The second-order valence-corrected chi connectivity index (χ2v) is 12.0. The number of aromatic nitrogens is 5. The van der Waals surface area contributed by atoms with Crippen LogP contribution in [-0.4, -0.2) is 64.6 Å². The molecule has 12 nitrogen and oxygen atoms in total. The van der Waals surface area contributed by atoms with Crippen LogP contribution in [0.3, 0.4) is 0 Å². The minimum absolute atomic E-state index is 0.160. The molecule has 0 amide bonds. The maximum atomic E-state index is 12.4. The SMILES string of the molecule is O=c1oc(-c2ccc(OCCOCCOCCn3cc(CCCOc4ccc(-c5nc6ccccc6c(=O)[nH]5)cc4)nn3)cc2)cc2ccccc12. The molecule has 12 heteroatoms. The molecule has 264 valence electrons. The Morgan fingerprint density at radius 1 is 0.692 bits per heavy atom. The third-order valence-corrected chi connectivity index (χ3v) is 8.31. The van der Waals surface area contributed by atoms with Gasteiger partial charge in [-0.3, -0.25) is 4.79 Å². The van der Waals surface area contributed by atoms with E-state index in [1.54, 1.807) is 16.8 Å². The van der Waals surface area contributed by atoms with Crippen molar-refractivity contribution in [1.29, 1.82) is 0 Å². The van der Waals surface area contributed by atoms with E-state index in [0.717, 1.165) is 40.8 Å². The lowest BCUT2D eigenvalue weighted by atomic mass is 10.1. The zero-order valence-electron chi connectivity index (χ0n) is 28.4. The molecule has 1 N–H and O–H groups in total. The Morgan fingerprint density at radius 3 is 2.17 bits per heavy atom. The molecule has 0 saturated heterocycles. The molecule has 0 aliphatic heterocycles. The summed E-state index contributed by atoms with van der Waals surface area (Å²) in [5, 5.41) is 10.4. The van der Waals surface area contributed by atoms with E-state index < -0.39 is 0 Å². The average Bonchev–Trinajstić information content (AvgIpc) is 3.64. The summed E-state index contributed by atoms with van der Waals surface area (Å²) >= 11 is 0. The van der Waals surface area contributed by atoms with E-state index in [4.69, 9.17) is 23.4 Å². The molecule has 7 rings (SSSR count). The summed E-state index contributed by atoms with van der Waals surface area (Å²) in [5.41, 5.74) is 2.65. The second-order valence-electron chi connectivity index (χ2n) is 12.0. The monoisotopic (exact) mass is 699 g/mol. The smallest absolute Gasteiger partial charge is 0.344 e. The van der Waals surface area contributed by atoms with Crippen molar-refractivity contribution in [1.82, 2.24) is 25.0 Å². The van der Waals surface area contributed by atoms with Crippen molar-refractivity contribution < 1.29 is 23.4 Å². The Labute approximate surface area is 298 Å². The number of aromatic amines is 1. The Balaban J connectivity index is 0.734. The Morgan fingerprint density at radius 2 is 1.37 bits per heavy atom. The van der Waals surface area contributed by atoms with Crippen LogP contribution < -0.4 is 20.7 Å². The van der Waals surface area contributed by atoms with Crippen LogP contribution >= 0.6 is 0 Å². The molecule has 3 aromatic heterocycles. The second kappa shape index (κ2) is 16.7. The number of fused-ring (bicyclic) bond motifs is 2. The molecule has 52 heavy (non-hydrogen) atoms. The van der Waals surface area contributed by atoms with Gasteiger partial charge in [-0.2, -0.15) is 0 Å². The number of aryl methyl sites for hydroxylation is 1. The van der Waals surface area contributed by atoms with Gasteiger partial charge in [0, 0.05) is 17.3 Å². The number of para-hydroxylation sites is 1. The number of nitrogens with zero attached hydrogens (tertiary/aromatic N) is 4. The molecular formula is C40H37N5O7. The summed E-state index contributed by atoms with van der Waals surface area (Å²) < 4.78 is 30.3. The standard InChI is InChI=1S/C40H37N5O7/c46-39-35-9-3-4-10-36(35)41-38(42-39)29-13-17-32(18-14-29)50-20-5-7-31-27-45(44-43-31)19-21-48-22-23-49-24-25-51-33-15-11-28(12-16-33)37-26-30-6-1-2-8-34(30)40(47)52-37/h1-4,6,8-18,26-27H,5,7,19-25H2,(H,41,42,46). The third kappa shape index (κ3) is 8.78. The van der Waals surface area contributed by atoms with Crippen molar-refractivity contribution >= 4 is 21.7 Å². The van der Waals surface area contributed by atoms with E-state index in [0.29, 0.717) is 79.8 Å². The highest BCUT2D eigenvalue weighted by Crippen LogP contribution is 2.24. The Bertz CT molecular complexity index is 2350. The van der Waals surface area contributed by atoms with Gasteiger partial charge in [0.1, 0.15) is 29.7 Å². The Kier molecular flexibility index (Phi) is 11.1. The number of hydrogen-bond acceptors (Lipinski definition) is 10. The first kappa shape index (κ1) is 34.3. The lowest BCUT2D eigenvalue weighted by molar-refractivity contribution is 0.0333. The number of H-pyrrole nitrogens is 1. The molecule has 0 spiro atoms. The van der Waals surface area contributed by atoms with E-state index in [2.05, 4.69) is 20.3 Å². The van der Waals surface area contributed by atoms with Crippen LogP contribution in [0.2, 0.25) is 0 Å². The molecule has 0 atom stereocenters. The van der Waals surface area contributed by atoms with Crippen molar-refractivity contribution in [2.75, 3.05) is 39.6 Å². The summed E-state index contributed by atoms with van der Waals surface area (Å²) in [5.74, 6) is 2.48. The zero-order chi connectivity index (χ0) is 35.5. The van der Waals surface area contributed by atoms with Crippen LogP contribution in [0, 0.1) is 0 Å². The van der Waals surface area contributed by atoms with Crippen LogP contribution in [-0.2, 0) is 22.4 Å². The number of benzene rings is 4. The van der Waals surface area contributed by atoms with Crippen LogP contribution in [0.15, 0.2) is 123 Å². The van der Waals surface area contributed by atoms with Gasteiger partial charge in [-0.05, 0) is 91.0 Å². The summed E-state index contributed by atoms with van der Waals surface area (Å²) in [6.45, 7) is 3.36. The van der Waals surface area contributed by atoms with Gasteiger partial charge in [0.25, 0.3) is 5.56 Å². The zero-order valence-corrected chi connectivity index (χ0v) is 28.4. The van der Waals surface area contributed by atoms with Crippen LogP contribution in [0.5, 0.6) is 11.5 Å². The number of nitrogens with one attached hydrogen (secondary N) is 1. The van der Waals surface area contributed by atoms with Crippen molar-refractivity contribution in [2.24, 2.45) is 0 Å². The van der Waals surface area contributed by atoms with Gasteiger partial charge in [0.2, 0.25) is 0 Å². The maximum Gasteiger partial charge on any atom is 0.344 e. The van der Waals surface area contributed by atoms with Gasteiger partial charge < -0.3 is 28.3 Å². The number of hydrogen-bond donors (Lipinski definition) is 1. The first-order valence-corrected chi connectivity index (χ1v) is 17.1. The van der Waals surface area contributed by atoms with Crippen molar-refractivity contribution in [3.05, 3.63) is 136 Å². The molecule has 0 aliphatic rings. The minimum Gasteiger partial charge on any atom is -0.494 e. The highest BCUT2D eigenvalue weighted by Gasteiger charge is 2.08. The predicted molar refractivity (Wildman–Crippen MR) is 197 cm³/mol. The van der Waals surface area contributed by atoms with E-state index in [1.807, 2.05) is 97.2 Å². The van der Waals surface area contributed by atoms with Crippen molar-refractivity contribution in [3.8, 4) is 34.2 Å². The van der Waals surface area contributed by atoms with E-state index in [1.165, 1.54) is 0 Å². The fraction of sp³-hybridized carbons (Fsp3) is 0.225. The minimum atomic E-state index is -0.353. The fourth-order valence-corrected chi connectivity index (χ4v) is 5.63. The van der Waals surface area contributed by atoms with Crippen LogP contribution in [0.25, 0.3) is 44.4 Å². The summed E-state index contributed by atoms with van der Waals surface area (Å²) in [4.78, 5) is 32.1. The van der Waals surface area contributed by atoms with Gasteiger partial charge in [0.15, 0.2) is 0 Å². The van der Waals surface area contributed by atoms with Crippen molar-refractivity contribution in [2.45, 2.75) is 19.4 Å². The molecule has 7 aromatic rings. The average molecular weight is 700 g/mol. The quantitative estimate of drug-likeness (QED) is 0.111. The molecule has 0 bridgehead atoms. The van der Waals surface area contributed by atoms with Gasteiger partial charge >= 0.3 is 5.63 Å². The lowest BCUT2D eigenvalue weighted by Crippen LogP contribution is -2.13. The van der Waals surface area contributed by atoms with Crippen LogP contribution in [0.1, 0.15) is 12.1 Å². The molecule has 0 saturated carbocycles. The Hall–Kier alpha value is -6.11. The van der Waals surface area contributed by atoms with E-state index in [-0.39, 0.29) is 11.2 Å². The highest BCUT2D eigenvalue weighted by molar-refractivity contribution is 5.84. The molecule has 0 unspecified atom stereocenters. The topological polar surface area (TPSA) is 144 Å². The van der Waals surface area contributed by atoms with E-state index >= 15 is 0 Å². The summed E-state index contributed by atoms with van der Waals surface area (Å²) in [7, 11) is 0. The first-order valence-electron chi connectivity index (χ1n) is 17.1. The number of rotatable bonds is 17. The maximum absolute atomic E-state index is 12.4. The highest BCUT2D eigenvalue weighted by atomic mass is 16.5. The molecule has 0 radical (unpaired) electrons. The van der Waals surface area contributed by atoms with Gasteiger partial charge in [-0.15, -0.1) is 5.10 Å². The third-order valence-electron chi connectivity index (χ3n) is 8.31. The molecule has 4 aromatic carbocycles. The molecule has 3 heterocycles.